The first kappa shape index (κ1) is 16.3. The Bertz CT molecular complexity index is 251. The van der Waals surface area contributed by atoms with Crippen LogP contribution in [0.4, 0.5) is 0 Å². The molecule has 2 unspecified atom stereocenters. The van der Waals surface area contributed by atoms with Crippen molar-refractivity contribution in [3.8, 4) is 0 Å². The van der Waals surface area contributed by atoms with Crippen LogP contribution in [-0.4, -0.2) is 61.7 Å². The number of nitrogens with zero attached hydrogens (tertiary/aromatic N) is 2. The first-order chi connectivity index (χ1) is 9.83. The number of hydrogen-bond acceptors (Lipinski definition) is 3. The van der Waals surface area contributed by atoms with E-state index in [-0.39, 0.29) is 0 Å². The zero-order chi connectivity index (χ0) is 14.2. The number of piperidine rings is 1. The van der Waals surface area contributed by atoms with E-state index in [2.05, 4.69) is 29.0 Å². The maximum atomic E-state index is 3.76. The minimum Gasteiger partial charge on any atom is -0.314 e. The van der Waals surface area contributed by atoms with E-state index in [9.17, 15) is 0 Å². The third-order valence-electron chi connectivity index (χ3n) is 5.15. The van der Waals surface area contributed by atoms with Crippen LogP contribution in [0.15, 0.2) is 0 Å². The predicted molar refractivity (Wildman–Crippen MR) is 87.2 cm³/mol. The van der Waals surface area contributed by atoms with E-state index in [1.807, 2.05) is 0 Å². The molecule has 0 aromatic carbocycles. The molecule has 3 nitrogen and oxygen atoms in total. The summed E-state index contributed by atoms with van der Waals surface area (Å²) >= 11 is 0. The summed E-state index contributed by atoms with van der Waals surface area (Å²) < 4.78 is 0. The van der Waals surface area contributed by atoms with Gasteiger partial charge in [-0.3, -0.25) is 0 Å². The van der Waals surface area contributed by atoms with Crippen molar-refractivity contribution >= 4 is 0 Å². The van der Waals surface area contributed by atoms with Crippen LogP contribution >= 0.6 is 0 Å². The molecule has 118 valence electrons. The third kappa shape index (κ3) is 5.01. The van der Waals surface area contributed by atoms with Crippen molar-refractivity contribution in [2.24, 2.45) is 5.92 Å². The lowest BCUT2D eigenvalue weighted by Crippen LogP contribution is -2.49. The van der Waals surface area contributed by atoms with Crippen LogP contribution in [0.2, 0.25) is 0 Å². The molecule has 0 spiro atoms. The number of nitrogens with one attached hydrogen (secondary N) is 1. The first-order valence-corrected chi connectivity index (χ1v) is 9.01. The highest BCUT2D eigenvalue weighted by Crippen LogP contribution is 2.20. The van der Waals surface area contributed by atoms with Crippen LogP contribution in [0.3, 0.4) is 0 Å². The summed E-state index contributed by atoms with van der Waals surface area (Å²) in [5.41, 5.74) is 0. The van der Waals surface area contributed by atoms with Crippen molar-refractivity contribution in [3.63, 3.8) is 0 Å². The Labute approximate surface area is 126 Å². The van der Waals surface area contributed by atoms with Gasteiger partial charge in [-0.2, -0.15) is 0 Å². The highest BCUT2D eigenvalue weighted by molar-refractivity contribution is 4.84. The summed E-state index contributed by atoms with van der Waals surface area (Å²) in [5.74, 6) is 0.863. The average Bonchev–Trinajstić information content (AvgIpc) is 2.99. The molecule has 0 radical (unpaired) electrons. The summed E-state index contributed by atoms with van der Waals surface area (Å²) in [6.07, 6.45) is 8.14. The van der Waals surface area contributed by atoms with E-state index < -0.39 is 0 Å². The molecule has 20 heavy (non-hydrogen) atoms. The van der Waals surface area contributed by atoms with Gasteiger partial charge in [0.25, 0.3) is 0 Å². The lowest BCUT2D eigenvalue weighted by atomic mass is 9.89. The SMILES string of the molecule is CCCNC1CCN(CCCN2CCCC2)CC1CC. The summed E-state index contributed by atoms with van der Waals surface area (Å²) in [7, 11) is 0. The van der Waals surface area contributed by atoms with Crippen LogP contribution < -0.4 is 5.32 Å². The Kier molecular flexibility index (Phi) is 7.32. The molecule has 1 N–H and O–H groups in total. The van der Waals surface area contributed by atoms with Crippen molar-refractivity contribution in [3.05, 3.63) is 0 Å². The fraction of sp³-hybridized carbons (Fsp3) is 1.00. The van der Waals surface area contributed by atoms with E-state index in [1.54, 1.807) is 0 Å². The normalized spacial score (nSPS) is 29.1. The molecular weight excluding hydrogens is 246 g/mol. The van der Waals surface area contributed by atoms with Crippen molar-refractivity contribution in [2.45, 2.75) is 58.4 Å². The predicted octanol–water partition coefficient (Wildman–Crippen LogP) is 2.57. The second kappa shape index (κ2) is 9.01. The molecule has 0 saturated carbocycles. The molecular formula is C17H35N3. The van der Waals surface area contributed by atoms with E-state index in [0.29, 0.717) is 0 Å². The molecule has 2 aliphatic rings. The summed E-state index contributed by atoms with van der Waals surface area (Å²) in [6.45, 7) is 13.8. The van der Waals surface area contributed by atoms with Gasteiger partial charge in [-0.15, -0.1) is 0 Å². The van der Waals surface area contributed by atoms with Crippen LogP contribution in [0, 0.1) is 5.92 Å². The van der Waals surface area contributed by atoms with Crippen LogP contribution in [0.25, 0.3) is 0 Å². The molecule has 0 amide bonds. The fourth-order valence-electron chi connectivity index (χ4n) is 3.85. The Morgan fingerprint density at radius 2 is 1.75 bits per heavy atom. The Morgan fingerprint density at radius 1 is 1.00 bits per heavy atom. The van der Waals surface area contributed by atoms with Gasteiger partial charge in [-0.1, -0.05) is 20.3 Å². The number of hydrogen-bond donors (Lipinski definition) is 1. The minimum atomic E-state index is 0.773. The van der Waals surface area contributed by atoms with Gasteiger partial charge >= 0.3 is 0 Å². The lowest BCUT2D eigenvalue weighted by molar-refractivity contribution is 0.130. The second-order valence-corrected chi connectivity index (χ2v) is 6.72. The zero-order valence-electron chi connectivity index (χ0n) is 13.7. The van der Waals surface area contributed by atoms with Gasteiger partial charge in [0.1, 0.15) is 0 Å². The van der Waals surface area contributed by atoms with Crippen molar-refractivity contribution in [1.29, 1.82) is 0 Å². The Balaban J connectivity index is 1.64. The molecule has 0 aliphatic carbocycles. The van der Waals surface area contributed by atoms with Crippen LogP contribution in [0.5, 0.6) is 0 Å². The summed E-state index contributed by atoms with van der Waals surface area (Å²) in [4.78, 5) is 5.36. The quantitative estimate of drug-likeness (QED) is 0.738. The third-order valence-corrected chi connectivity index (χ3v) is 5.15. The largest absolute Gasteiger partial charge is 0.314 e. The van der Waals surface area contributed by atoms with Gasteiger partial charge in [-0.25, -0.2) is 0 Å². The van der Waals surface area contributed by atoms with Gasteiger partial charge < -0.3 is 15.1 Å². The van der Waals surface area contributed by atoms with E-state index >= 15 is 0 Å². The molecule has 2 heterocycles. The standard InChI is InChI=1S/C17H35N3/c1-3-9-18-17-8-14-20(15-16(17)4-2)13-7-12-19-10-5-6-11-19/h16-18H,3-15H2,1-2H3. The summed E-state index contributed by atoms with van der Waals surface area (Å²) in [5, 5.41) is 3.76. The van der Waals surface area contributed by atoms with Gasteiger partial charge in [0, 0.05) is 12.6 Å². The maximum Gasteiger partial charge on any atom is 0.0120 e. The molecule has 2 aliphatic heterocycles. The Hall–Kier alpha value is -0.120. The Morgan fingerprint density at radius 3 is 2.45 bits per heavy atom. The molecule has 0 aromatic rings. The van der Waals surface area contributed by atoms with Crippen molar-refractivity contribution < 1.29 is 0 Å². The smallest absolute Gasteiger partial charge is 0.0120 e. The lowest BCUT2D eigenvalue weighted by Gasteiger charge is -2.39. The van der Waals surface area contributed by atoms with Crippen LogP contribution in [-0.2, 0) is 0 Å². The minimum absolute atomic E-state index is 0.773. The van der Waals surface area contributed by atoms with Gasteiger partial charge in [0.15, 0.2) is 0 Å². The zero-order valence-corrected chi connectivity index (χ0v) is 13.7. The van der Waals surface area contributed by atoms with E-state index in [1.165, 1.54) is 84.3 Å². The fourth-order valence-corrected chi connectivity index (χ4v) is 3.85. The molecule has 2 rings (SSSR count). The molecule has 2 saturated heterocycles. The van der Waals surface area contributed by atoms with Gasteiger partial charge in [0.2, 0.25) is 0 Å². The summed E-state index contributed by atoms with van der Waals surface area (Å²) in [6, 6.07) is 0.773. The number of rotatable bonds is 8. The highest BCUT2D eigenvalue weighted by atomic mass is 15.2. The maximum absolute atomic E-state index is 3.76. The van der Waals surface area contributed by atoms with Gasteiger partial charge in [-0.05, 0) is 77.3 Å². The van der Waals surface area contributed by atoms with Crippen molar-refractivity contribution in [2.75, 3.05) is 45.8 Å². The molecule has 0 aromatic heterocycles. The molecule has 2 atom stereocenters. The number of likely N-dealkylation sites (tertiary alicyclic amines) is 2. The average molecular weight is 281 g/mol. The molecule has 2 fully saturated rings. The van der Waals surface area contributed by atoms with Crippen molar-refractivity contribution in [1.82, 2.24) is 15.1 Å². The van der Waals surface area contributed by atoms with E-state index in [4.69, 9.17) is 0 Å². The molecule has 0 bridgehead atoms. The second-order valence-electron chi connectivity index (χ2n) is 6.72. The highest BCUT2D eigenvalue weighted by Gasteiger charge is 2.27. The first-order valence-electron chi connectivity index (χ1n) is 9.01. The molecule has 3 heteroatoms. The van der Waals surface area contributed by atoms with Gasteiger partial charge in [0.05, 0.1) is 0 Å². The van der Waals surface area contributed by atoms with Crippen LogP contribution in [0.1, 0.15) is 52.4 Å². The monoisotopic (exact) mass is 281 g/mol. The van der Waals surface area contributed by atoms with E-state index in [0.717, 1.165) is 12.0 Å². The topological polar surface area (TPSA) is 18.5 Å².